The lowest BCUT2D eigenvalue weighted by molar-refractivity contribution is -0.384. The molecule has 1 heterocycles. The number of nitrogens with one attached hydrogen (secondary N) is 1. The van der Waals surface area contributed by atoms with Crippen LogP contribution in [0.1, 0.15) is 25.5 Å². The molecule has 2 aromatic rings. The van der Waals surface area contributed by atoms with Gasteiger partial charge in [0.2, 0.25) is 15.9 Å². The quantitative estimate of drug-likeness (QED) is 0.472. The number of rotatable bonds is 7. The van der Waals surface area contributed by atoms with Gasteiger partial charge in [0, 0.05) is 44.0 Å². The van der Waals surface area contributed by atoms with Gasteiger partial charge in [-0.25, -0.2) is 13.6 Å². The van der Waals surface area contributed by atoms with Gasteiger partial charge in [-0.15, -0.1) is 0 Å². The molecule has 1 aliphatic rings. The highest BCUT2D eigenvalue weighted by atomic mass is 32.2. The lowest BCUT2D eigenvalue weighted by Crippen LogP contribution is -2.54. The van der Waals surface area contributed by atoms with Crippen LogP contribution in [0, 0.1) is 10.1 Å². The molecule has 10 nitrogen and oxygen atoms in total. The van der Waals surface area contributed by atoms with Crippen LogP contribution in [0.2, 0.25) is 0 Å². The molecule has 2 atom stereocenters. The second kappa shape index (κ2) is 9.63. The van der Waals surface area contributed by atoms with Crippen LogP contribution in [0.25, 0.3) is 0 Å². The van der Waals surface area contributed by atoms with E-state index in [0.29, 0.717) is 26.2 Å². The number of piperazine rings is 1. The summed E-state index contributed by atoms with van der Waals surface area (Å²) in [6.07, 6.45) is 0. The molecule has 0 aliphatic carbocycles. The van der Waals surface area contributed by atoms with Crippen molar-refractivity contribution < 1.29 is 18.1 Å². The fraction of sp³-hybridized carbons (Fsp3) is 0.381. The summed E-state index contributed by atoms with van der Waals surface area (Å²) in [5, 5.41) is 18.9. The number of nitrogens with two attached hydrogens (primary N) is 1. The fourth-order valence-electron chi connectivity index (χ4n) is 3.68. The molecule has 11 heteroatoms. The van der Waals surface area contributed by atoms with Crippen LogP contribution in [-0.4, -0.2) is 56.4 Å². The molecular formula is C21H27N5O5S. The zero-order valence-electron chi connectivity index (χ0n) is 18.0. The zero-order chi connectivity index (χ0) is 23.5. The van der Waals surface area contributed by atoms with Crippen molar-refractivity contribution in [3.63, 3.8) is 0 Å². The molecule has 172 valence electrons. The molecule has 0 bridgehead atoms. The molecule has 32 heavy (non-hydrogen) atoms. The Kier molecular flexibility index (Phi) is 7.12. The highest BCUT2D eigenvalue weighted by Crippen LogP contribution is 2.21. The average Bonchev–Trinajstić information content (AvgIpc) is 2.78. The van der Waals surface area contributed by atoms with E-state index in [-0.39, 0.29) is 28.6 Å². The number of hydrogen-bond acceptors (Lipinski definition) is 7. The van der Waals surface area contributed by atoms with Crippen molar-refractivity contribution in [2.45, 2.75) is 30.8 Å². The van der Waals surface area contributed by atoms with Crippen molar-refractivity contribution in [2.24, 2.45) is 5.14 Å². The van der Waals surface area contributed by atoms with Crippen molar-refractivity contribution >= 4 is 27.3 Å². The number of hydrogen-bond donors (Lipinski definition) is 2. The van der Waals surface area contributed by atoms with Gasteiger partial charge in [0.1, 0.15) is 0 Å². The number of carbonyl (C=O) groups excluding carboxylic acids is 1. The van der Waals surface area contributed by atoms with E-state index >= 15 is 0 Å². The van der Waals surface area contributed by atoms with Crippen LogP contribution in [0.4, 0.5) is 11.4 Å². The number of primary sulfonamides is 1. The number of nitro benzene ring substituents is 1. The molecular weight excluding hydrogens is 434 g/mol. The molecule has 1 aliphatic heterocycles. The van der Waals surface area contributed by atoms with E-state index < -0.39 is 14.9 Å². The van der Waals surface area contributed by atoms with Crippen LogP contribution in [0.15, 0.2) is 53.4 Å². The van der Waals surface area contributed by atoms with E-state index in [9.17, 15) is 23.3 Å². The first-order valence-electron chi connectivity index (χ1n) is 10.2. The van der Waals surface area contributed by atoms with Crippen LogP contribution in [0.3, 0.4) is 0 Å². The number of benzene rings is 2. The Balaban J connectivity index is 1.53. The number of nitro groups is 1. The summed E-state index contributed by atoms with van der Waals surface area (Å²) in [7, 11) is -3.75. The smallest absolute Gasteiger partial charge is 0.269 e. The maximum Gasteiger partial charge on any atom is 0.269 e. The number of carbonyl (C=O) groups is 1. The Bertz CT molecular complexity index is 1060. The normalized spacial score (nSPS) is 16.9. The summed E-state index contributed by atoms with van der Waals surface area (Å²) >= 11 is 0. The molecule has 3 N–H and O–H groups in total. The third-order valence-corrected chi connectivity index (χ3v) is 6.66. The van der Waals surface area contributed by atoms with Crippen molar-refractivity contribution in [1.29, 1.82) is 0 Å². The van der Waals surface area contributed by atoms with Crippen molar-refractivity contribution in [2.75, 3.05) is 31.1 Å². The number of nitrogens with zero attached hydrogens (tertiary/aromatic N) is 3. The summed E-state index contributed by atoms with van der Waals surface area (Å²) in [6, 6.07) is 12.0. The Labute approximate surface area is 187 Å². The minimum atomic E-state index is -3.75. The van der Waals surface area contributed by atoms with Gasteiger partial charge in [-0.05, 0) is 43.7 Å². The molecule has 2 aromatic carbocycles. The minimum absolute atomic E-state index is 0.0269. The van der Waals surface area contributed by atoms with Gasteiger partial charge >= 0.3 is 0 Å². The molecule has 0 saturated carbocycles. The number of non-ortho nitro benzene ring substituents is 1. The first-order chi connectivity index (χ1) is 15.1. The van der Waals surface area contributed by atoms with E-state index in [4.69, 9.17) is 5.14 Å². The summed E-state index contributed by atoms with van der Waals surface area (Å²) in [5.74, 6) is -0.114. The Morgan fingerprint density at radius 3 is 2.09 bits per heavy atom. The van der Waals surface area contributed by atoms with E-state index in [1.54, 1.807) is 24.3 Å². The van der Waals surface area contributed by atoms with E-state index in [0.717, 1.165) is 11.3 Å². The van der Waals surface area contributed by atoms with Gasteiger partial charge in [0.15, 0.2) is 0 Å². The largest absolute Gasteiger partial charge is 0.369 e. The monoisotopic (exact) mass is 461 g/mol. The predicted octanol–water partition coefficient (Wildman–Crippen LogP) is 1.63. The lowest BCUT2D eigenvalue weighted by atomic mass is 10.1. The summed E-state index contributed by atoms with van der Waals surface area (Å²) in [5.41, 5.74) is 1.76. The standard InChI is InChI=1S/C21H27N5O5S/c1-15(17-3-9-20(10-4-17)32(22,30)31)23-21(27)16(2)24-11-13-25(14-12-24)18-5-7-19(8-6-18)26(28)29/h3-10,15-16H,11-14H2,1-2H3,(H,23,27)(H2,22,30,31)/t15-,16-/m1/s1. The zero-order valence-corrected chi connectivity index (χ0v) is 18.8. The molecule has 3 rings (SSSR count). The van der Waals surface area contributed by atoms with Crippen LogP contribution >= 0.6 is 0 Å². The highest BCUT2D eigenvalue weighted by Gasteiger charge is 2.27. The van der Waals surface area contributed by atoms with Crippen LogP contribution in [-0.2, 0) is 14.8 Å². The minimum Gasteiger partial charge on any atom is -0.369 e. The molecule has 0 radical (unpaired) electrons. The third kappa shape index (κ3) is 5.61. The van der Waals surface area contributed by atoms with Gasteiger partial charge in [0.05, 0.1) is 21.9 Å². The second-order valence-electron chi connectivity index (χ2n) is 7.82. The summed E-state index contributed by atoms with van der Waals surface area (Å²) in [6.45, 7) is 6.48. The first kappa shape index (κ1) is 23.6. The van der Waals surface area contributed by atoms with Crippen molar-refractivity contribution in [1.82, 2.24) is 10.2 Å². The predicted molar refractivity (Wildman–Crippen MR) is 121 cm³/mol. The van der Waals surface area contributed by atoms with Gasteiger partial charge in [-0.2, -0.15) is 0 Å². The van der Waals surface area contributed by atoms with E-state index in [1.807, 2.05) is 13.8 Å². The van der Waals surface area contributed by atoms with Crippen molar-refractivity contribution in [3.8, 4) is 0 Å². The number of anilines is 1. The SMILES string of the molecule is C[C@H](C(=O)N[C@H](C)c1ccc(S(N)(=O)=O)cc1)N1CCN(c2ccc([N+](=O)[O-])cc2)CC1. The number of amides is 1. The Morgan fingerprint density at radius 2 is 1.59 bits per heavy atom. The molecule has 1 amide bonds. The second-order valence-corrected chi connectivity index (χ2v) is 9.38. The number of sulfonamides is 1. The topological polar surface area (TPSA) is 139 Å². The molecule has 0 aromatic heterocycles. The maximum absolute atomic E-state index is 12.8. The summed E-state index contributed by atoms with van der Waals surface area (Å²) in [4.78, 5) is 27.4. The van der Waals surface area contributed by atoms with E-state index in [1.165, 1.54) is 24.3 Å². The van der Waals surface area contributed by atoms with Gasteiger partial charge < -0.3 is 10.2 Å². The van der Waals surface area contributed by atoms with Gasteiger partial charge in [-0.1, -0.05) is 12.1 Å². The summed E-state index contributed by atoms with van der Waals surface area (Å²) < 4.78 is 22.8. The molecule has 0 unspecified atom stereocenters. The van der Waals surface area contributed by atoms with Crippen LogP contribution < -0.4 is 15.4 Å². The van der Waals surface area contributed by atoms with Gasteiger partial charge in [0.25, 0.3) is 5.69 Å². The average molecular weight is 462 g/mol. The first-order valence-corrected chi connectivity index (χ1v) is 11.8. The fourth-order valence-corrected chi connectivity index (χ4v) is 4.20. The molecule has 1 fully saturated rings. The van der Waals surface area contributed by atoms with Gasteiger partial charge in [-0.3, -0.25) is 19.8 Å². The molecule has 0 spiro atoms. The van der Waals surface area contributed by atoms with Crippen LogP contribution in [0.5, 0.6) is 0 Å². The highest BCUT2D eigenvalue weighted by molar-refractivity contribution is 7.89. The lowest BCUT2D eigenvalue weighted by Gasteiger charge is -2.38. The van der Waals surface area contributed by atoms with Crippen molar-refractivity contribution in [3.05, 3.63) is 64.2 Å². The Morgan fingerprint density at radius 1 is 1.03 bits per heavy atom. The van der Waals surface area contributed by atoms with E-state index in [2.05, 4.69) is 15.1 Å². The third-order valence-electron chi connectivity index (χ3n) is 5.73. The Hall–Kier alpha value is -3.02. The molecule has 1 saturated heterocycles. The maximum atomic E-state index is 12.8.